The Labute approximate surface area is 103 Å². The molecule has 3 N–H and O–H groups in total. The molecule has 0 aliphatic carbocycles. The van der Waals surface area contributed by atoms with Crippen molar-refractivity contribution in [3.05, 3.63) is 35.3 Å². The third-order valence-electron chi connectivity index (χ3n) is 2.28. The van der Waals surface area contributed by atoms with Crippen LogP contribution in [0, 0.1) is 5.82 Å². The summed E-state index contributed by atoms with van der Waals surface area (Å²) in [6.45, 7) is 0. The van der Waals surface area contributed by atoms with Gasteiger partial charge in [0.15, 0.2) is 5.69 Å². The lowest BCUT2D eigenvalue weighted by molar-refractivity contribution is -0.137. The van der Waals surface area contributed by atoms with Crippen molar-refractivity contribution >= 4 is 5.91 Å². The van der Waals surface area contributed by atoms with Gasteiger partial charge in [-0.15, -0.1) is 0 Å². The van der Waals surface area contributed by atoms with Crippen LogP contribution in [-0.4, -0.2) is 21.3 Å². The van der Waals surface area contributed by atoms with Crippen LogP contribution < -0.4 is 5.73 Å². The van der Waals surface area contributed by atoms with Crippen molar-refractivity contribution in [3.63, 3.8) is 0 Å². The lowest BCUT2D eigenvalue weighted by Gasteiger charge is -2.08. The SMILES string of the molecule is NC(=O)c1n[nH]nc1-c1cc(F)cc(C(F)(F)F)c1. The van der Waals surface area contributed by atoms with Crippen LogP contribution in [0.5, 0.6) is 0 Å². The van der Waals surface area contributed by atoms with E-state index in [4.69, 9.17) is 5.73 Å². The third kappa shape index (κ3) is 2.54. The van der Waals surface area contributed by atoms with E-state index in [1.807, 2.05) is 0 Å². The third-order valence-corrected chi connectivity index (χ3v) is 2.28. The van der Waals surface area contributed by atoms with E-state index in [0.717, 1.165) is 6.07 Å². The molecule has 9 heteroatoms. The number of halogens is 4. The van der Waals surface area contributed by atoms with Crippen molar-refractivity contribution in [1.82, 2.24) is 15.4 Å². The van der Waals surface area contributed by atoms with Crippen molar-refractivity contribution in [1.29, 1.82) is 0 Å². The van der Waals surface area contributed by atoms with Crippen molar-refractivity contribution in [2.24, 2.45) is 5.73 Å². The zero-order chi connectivity index (χ0) is 14.2. The Balaban J connectivity index is 2.60. The molecule has 0 atom stereocenters. The summed E-state index contributed by atoms with van der Waals surface area (Å²) in [4.78, 5) is 11.0. The molecule has 0 unspecified atom stereocenters. The van der Waals surface area contributed by atoms with Gasteiger partial charge in [-0.1, -0.05) is 0 Å². The van der Waals surface area contributed by atoms with Crippen LogP contribution in [0.2, 0.25) is 0 Å². The highest BCUT2D eigenvalue weighted by molar-refractivity contribution is 5.96. The number of carbonyl (C=O) groups is 1. The van der Waals surface area contributed by atoms with Gasteiger partial charge in [0, 0.05) is 5.56 Å². The molecule has 1 amide bonds. The first-order valence-electron chi connectivity index (χ1n) is 4.88. The molecule has 100 valence electrons. The zero-order valence-electron chi connectivity index (χ0n) is 9.12. The number of aromatic amines is 1. The topological polar surface area (TPSA) is 84.7 Å². The van der Waals surface area contributed by atoms with Crippen molar-refractivity contribution in [2.45, 2.75) is 6.18 Å². The van der Waals surface area contributed by atoms with Gasteiger partial charge in [-0.2, -0.15) is 28.6 Å². The quantitative estimate of drug-likeness (QED) is 0.818. The van der Waals surface area contributed by atoms with Crippen LogP contribution >= 0.6 is 0 Å². The minimum atomic E-state index is -4.71. The molecule has 2 aromatic rings. The molecule has 2 rings (SSSR count). The second-order valence-electron chi connectivity index (χ2n) is 3.61. The fraction of sp³-hybridized carbons (Fsp3) is 0.100. The number of alkyl halides is 3. The molecule has 1 heterocycles. The fourth-order valence-corrected chi connectivity index (χ4v) is 1.49. The molecule has 0 aliphatic heterocycles. The first kappa shape index (κ1) is 13.0. The van der Waals surface area contributed by atoms with Crippen LogP contribution in [0.15, 0.2) is 18.2 Å². The Morgan fingerprint density at radius 2 is 1.89 bits per heavy atom. The summed E-state index contributed by atoms with van der Waals surface area (Å²) < 4.78 is 50.8. The molecule has 5 nitrogen and oxygen atoms in total. The maximum Gasteiger partial charge on any atom is 0.416 e. The highest BCUT2D eigenvalue weighted by Crippen LogP contribution is 2.33. The summed E-state index contributed by atoms with van der Waals surface area (Å²) in [5, 5.41) is 8.95. The van der Waals surface area contributed by atoms with Crippen molar-refractivity contribution in [3.8, 4) is 11.3 Å². The Bertz CT molecular complexity index is 635. The van der Waals surface area contributed by atoms with Crippen LogP contribution in [0.4, 0.5) is 17.6 Å². The molecular weight excluding hydrogens is 268 g/mol. The van der Waals surface area contributed by atoms with Gasteiger partial charge in [0.1, 0.15) is 11.5 Å². The standard InChI is InChI=1S/C10H6F4N4O/c11-6-2-4(1-5(3-6)10(12,13)14)7-8(9(15)19)17-18-16-7/h1-3H,(H2,15,19)(H,16,17,18). The van der Waals surface area contributed by atoms with E-state index in [1.54, 1.807) is 0 Å². The van der Waals surface area contributed by atoms with Crippen LogP contribution in [0.1, 0.15) is 16.1 Å². The van der Waals surface area contributed by atoms with Gasteiger partial charge in [0.25, 0.3) is 5.91 Å². The lowest BCUT2D eigenvalue weighted by atomic mass is 10.1. The lowest BCUT2D eigenvalue weighted by Crippen LogP contribution is -2.13. The van der Waals surface area contributed by atoms with Crippen LogP contribution in [-0.2, 0) is 6.18 Å². The minimum absolute atomic E-state index is 0.238. The van der Waals surface area contributed by atoms with E-state index < -0.39 is 23.5 Å². The molecule has 19 heavy (non-hydrogen) atoms. The smallest absolute Gasteiger partial charge is 0.364 e. The Kier molecular flexibility index (Phi) is 2.97. The van der Waals surface area contributed by atoms with Crippen LogP contribution in [0.3, 0.4) is 0 Å². The van der Waals surface area contributed by atoms with Gasteiger partial charge in [-0.3, -0.25) is 4.79 Å². The molecular formula is C10H6F4N4O. The molecule has 0 fully saturated rings. The summed E-state index contributed by atoms with van der Waals surface area (Å²) in [5.41, 5.74) is 2.95. The summed E-state index contributed by atoms with van der Waals surface area (Å²) in [6, 6.07) is 1.81. The molecule has 1 aromatic heterocycles. The zero-order valence-corrected chi connectivity index (χ0v) is 9.12. The van der Waals surface area contributed by atoms with Crippen molar-refractivity contribution < 1.29 is 22.4 Å². The number of amides is 1. The molecule has 0 aliphatic rings. The Hall–Kier alpha value is -2.45. The highest BCUT2D eigenvalue weighted by atomic mass is 19.4. The number of hydrogen-bond acceptors (Lipinski definition) is 3. The molecule has 0 saturated heterocycles. The predicted octanol–water partition coefficient (Wildman–Crippen LogP) is 1.73. The maximum atomic E-state index is 13.2. The summed E-state index contributed by atoms with van der Waals surface area (Å²) in [5.74, 6) is -2.09. The van der Waals surface area contributed by atoms with E-state index in [2.05, 4.69) is 15.4 Å². The van der Waals surface area contributed by atoms with Gasteiger partial charge < -0.3 is 5.73 Å². The van der Waals surface area contributed by atoms with E-state index in [9.17, 15) is 22.4 Å². The van der Waals surface area contributed by atoms with Crippen molar-refractivity contribution in [2.75, 3.05) is 0 Å². The summed E-state index contributed by atoms with van der Waals surface area (Å²) in [6.07, 6.45) is -4.71. The second kappa shape index (κ2) is 4.34. The number of nitrogens with zero attached hydrogens (tertiary/aromatic N) is 2. The van der Waals surface area contributed by atoms with E-state index in [0.29, 0.717) is 12.1 Å². The molecule has 0 saturated carbocycles. The number of primary amides is 1. The summed E-state index contributed by atoms with van der Waals surface area (Å²) >= 11 is 0. The first-order chi connectivity index (χ1) is 8.79. The summed E-state index contributed by atoms with van der Waals surface area (Å²) in [7, 11) is 0. The van der Waals surface area contributed by atoms with Gasteiger partial charge in [-0.25, -0.2) is 4.39 Å². The number of H-pyrrole nitrogens is 1. The average Bonchev–Trinajstić information content (AvgIpc) is 2.75. The molecule has 0 radical (unpaired) electrons. The fourth-order valence-electron chi connectivity index (χ4n) is 1.49. The second-order valence-corrected chi connectivity index (χ2v) is 3.61. The number of nitrogens with one attached hydrogen (secondary N) is 1. The number of carbonyl (C=O) groups excluding carboxylic acids is 1. The van der Waals surface area contributed by atoms with Gasteiger partial charge in [0.05, 0.1) is 5.56 Å². The number of hydrogen-bond donors (Lipinski definition) is 2. The Morgan fingerprint density at radius 3 is 2.47 bits per heavy atom. The number of benzene rings is 1. The number of nitrogens with two attached hydrogens (primary N) is 1. The van der Waals surface area contributed by atoms with Gasteiger partial charge >= 0.3 is 6.18 Å². The molecule has 0 bridgehead atoms. The van der Waals surface area contributed by atoms with E-state index in [1.165, 1.54) is 0 Å². The van der Waals surface area contributed by atoms with Gasteiger partial charge in [0.2, 0.25) is 0 Å². The number of rotatable bonds is 2. The minimum Gasteiger partial charge on any atom is -0.364 e. The van der Waals surface area contributed by atoms with Gasteiger partial charge in [-0.05, 0) is 18.2 Å². The van der Waals surface area contributed by atoms with Crippen LogP contribution in [0.25, 0.3) is 11.3 Å². The van der Waals surface area contributed by atoms with E-state index >= 15 is 0 Å². The van der Waals surface area contributed by atoms with E-state index in [-0.39, 0.29) is 17.0 Å². The normalized spacial score (nSPS) is 11.6. The number of aromatic nitrogens is 3. The maximum absolute atomic E-state index is 13.2. The monoisotopic (exact) mass is 274 g/mol. The first-order valence-corrected chi connectivity index (χ1v) is 4.88. The Morgan fingerprint density at radius 1 is 1.21 bits per heavy atom. The largest absolute Gasteiger partial charge is 0.416 e. The average molecular weight is 274 g/mol. The molecule has 0 spiro atoms. The highest BCUT2D eigenvalue weighted by Gasteiger charge is 2.32. The predicted molar refractivity (Wildman–Crippen MR) is 55.3 cm³/mol. The molecule has 1 aromatic carbocycles.